The van der Waals surface area contributed by atoms with Gasteiger partial charge < -0.3 is 9.15 Å². The molecule has 0 saturated carbocycles. The van der Waals surface area contributed by atoms with Gasteiger partial charge in [-0.15, -0.1) is 0 Å². The molecule has 2 aromatic carbocycles. The van der Waals surface area contributed by atoms with Crippen LogP contribution in [0.2, 0.25) is 0 Å². The molecule has 0 spiro atoms. The highest BCUT2D eigenvalue weighted by Crippen LogP contribution is 2.29. The first-order valence-corrected chi connectivity index (χ1v) is 10.0. The lowest BCUT2D eigenvalue weighted by molar-refractivity contribution is -0.384. The molecule has 1 N–H and O–H groups in total. The molecule has 1 aromatic heterocycles. The summed E-state index contributed by atoms with van der Waals surface area (Å²) in [6.07, 6.45) is 1.38. The molecule has 0 unspecified atom stereocenters. The molecule has 0 atom stereocenters. The molecule has 1 amide bonds. The van der Waals surface area contributed by atoms with Crippen LogP contribution >= 0.6 is 38.5 Å². The monoisotopic (exact) mass is 569 g/mol. The fraction of sp³-hybridized carbons (Fsp3) is 0.0526. The second kappa shape index (κ2) is 9.65. The summed E-state index contributed by atoms with van der Waals surface area (Å²) in [4.78, 5) is 22.0. The summed E-state index contributed by atoms with van der Waals surface area (Å²) in [5.41, 5.74) is 3.19. The van der Waals surface area contributed by atoms with Gasteiger partial charge in [0.05, 0.1) is 15.6 Å². The van der Waals surface area contributed by atoms with E-state index >= 15 is 0 Å². The normalized spacial score (nSPS) is 10.8. The van der Waals surface area contributed by atoms with Crippen LogP contribution in [0.25, 0.3) is 11.3 Å². The van der Waals surface area contributed by atoms with E-state index in [-0.39, 0.29) is 12.3 Å². The van der Waals surface area contributed by atoms with E-state index < -0.39 is 10.8 Å². The molecule has 8 nitrogen and oxygen atoms in total. The number of hydrogen-bond acceptors (Lipinski definition) is 6. The third-order valence-corrected chi connectivity index (χ3v) is 4.96. The quantitative estimate of drug-likeness (QED) is 0.191. The summed E-state index contributed by atoms with van der Waals surface area (Å²) in [5, 5.41) is 14.6. The van der Waals surface area contributed by atoms with Crippen molar-refractivity contribution in [1.29, 1.82) is 0 Å². The Bertz CT molecular complexity index is 1070. The maximum Gasteiger partial charge on any atom is 0.277 e. The Morgan fingerprint density at radius 1 is 1.24 bits per heavy atom. The Labute approximate surface area is 187 Å². The van der Waals surface area contributed by atoms with Gasteiger partial charge in [0.25, 0.3) is 11.6 Å². The van der Waals surface area contributed by atoms with Crippen molar-refractivity contribution in [2.75, 3.05) is 6.61 Å². The van der Waals surface area contributed by atoms with Gasteiger partial charge in [0.2, 0.25) is 0 Å². The van der Waals surface area contributed by atoms with E-state index in [1.54, 1.807) is 6.07 Å². The van der Waals surface area contributed by atoms with Crippen LogP contribution in [0, 0.1) is 13.7 Å². The number of hydrogen-bond donors (Lipinski definition) is 1. The molecule has 0 saturated heterocycles. The van der Waals surface area contributed by atoms with Crippen LogP contribution in [0.3, 0.4) is 0 Å². The summed E-state index contributed by atoms with van der Waals surface area (Å²) >= 11 is 5.40. The van der Waals surface area contributed by atoms with Gasteiger partial charge in [-0.05, 0) is 68.9 Å². The fourth-order valence-corrected chi connectivity index (χ4v) is 3.10. The van der Waals surface area contributed by atoms with Crippen LogP contribution in [0.1, 0.15) is 5.76 Å². The highest BCUT2D eigenvalue weighted by atomic mass is 127. The second-order valence-electron chi connectivity index (χ2n) is 5.66. The number of carbonyl (C=O) groups excluding carboxylic acids is 1. The lowest BCUT2D eigenvalue weighted by Gasteiger charge is -2.06. The van der Waals surface area contributed by atoms with Gasteiger partial charge in [-0.2, -0.15) is 5.10 Å². The van der Waals surface area contributed by atoms with Gasteiger partial charge in [-0.3, -0.25) is 14.9 Å². The van der Waals surface area contributed by atoms with E-state index in [1.165, 1.54) is 24.4 Å². The average molecular weight is 570 g/mol. The molecule has 29 heavy (non-hydrogen) atoms. The lowest BCUT2D eigenvalue weighted by Crippen LogP contribution is -2.24. The molecule has 0 radical (unpaired) electrons. The Kier molecular flexibility index (Phi) is 6.99. The summed E-state index contributed by atoms with van der Waals surface area (Å²) in [5.74, 6) is 0.997. The molecular weight excluding hydrogens is 557 g/mol. The van der Waals surface area contributed by atoms with Crippen molar-refractivity contribution in [3.05, 3.63) is 78.5 Å². The van der Waals surface area contributed by atoms with Crippen molar-refractivity contribution in [1.82, 2.24) is 5.43 Å². The SMILES string of the molecule is O=C(COc1ccc([N+](=O)[O-])cc1Br)N/N=C/c1ccc(-c2ccc(I)cc2)o1. The average Bonchev–Trinajstić information content (AvgIpc) is 3.16. The Hall–Kier alpha value is -2.73. The summed E-state index contributed by atoms with van der Waals surface area (Å²) < 4.78 is 12.5. The fourth-order valence-electron chi connectivity index (χ4n) is 2.26. The van der Waals surface area contributed by atoms with Gasteiger partial charge in [-0.25, -0.2) is 5.43 Å². The van der Waals surface area contributed by atoms with Gasteiger partial charge >= 0.3 is 0 Å². The molecule has 10 heteroatoms. The molecule has 1 heterocycles. The standard InChI is InChI=1S/C19H13BrIN3O5/c20-16-9-14(24(26)27)5-7-18(16)28-11-19(25)23-22-10-15-6-8-17(29-15)12-1-3-13(21)4-2-12/h1-10H,11H2,(H,23,25)/b22-10+. The highest BCUT2D eigenvalue weighted by Gasteiger charge is 2.11. The predicted octanol–water partition coefficient (Wildman–Crippen LogP) is 4.75. The van der Waals surface area contributed by atoms with Crippen molar-refractivity contribution in [2.45, 2.75) is 0 Å². The van der Waals surface area contributed by atoms with E-state index in [9.17, 15) is 14.9 Å². The highest BCUT2D eigenvalue weighted by molar-refractivity contribution is 14.1. The van der Waals surface area contributed by atoms with E-state index in [1.807, 2.05) is 30.3 Å². The van der Waals surface area contributed by atoms with Crippen molar-refractivity contribution in [3.63, 3.8) is 0 Å². The van der Waals surface area contributed by atoms with Crippen LogP contribution in [0.4, 0.5) is 5.69 Å². The zero-order valence-electron chi connectivity index (χ0n) is 14.7. The zero-order valence-corrected chi connectivity index (χ0v) is 18.4. The van der Waals surface area contributed by atoms with Crippen molar-refractivity contribution in [2.24, 2.45) is 5.10 Å². The van der Waals surface area contributed by atoms with Crippen LogP contribution in [0.5, 0.6) is 5.75 Å². The second-order valence-corrected chi connectivity index (χ2v) is 7.76. The number of nitro benzene ring substituents is 1. The summed E-state index contributed by atoms with van der Waals surface area (Å²) in [7, 11) is 0. The number of non-ortho nitro benzene ring substituents is 1. The molecule has 0 aliphatic rings. The molecule has 148 valence electrons. The number of ether oxygens (including phenoxy) is 1. The third-order valence-electron chi connectivity index (χ3n) is 3.62. The number of benzene rings is 2. The number of halogens is 2. The minimum Gasteiger partial charge on any atom is -0.483 e. The Balaban J connectivity index is 1.51. The molecule has 0 bridgehead atoms. The largest absolute Gasteiger partial charge is 0.483 e. The number of carbonyl (C=O) groups is 1. The molecule has 0 aliphatic heterocycles. The Morgan fingerprint density at radius 2 is 2.00 bits per heavy atom. The minimum absolute atomic E-state index is 0.0821. The van der Waals surface area contributed by atoms with Gasteiger partial charge in [-0.1, -0.05) is 12.1 Å². The van der Waals surface area contributed by atoms with Gasteiger partial charge in [0, 0.05) is 21.3 Å². The first-order valence-electron chi connectivity index (χ1n) is 8.17. The minimum atomic E-state index is -0.519. The number of nitrogens with one attached hydrogen (secondary N) is 1. The maximum absolute atomic E-state index is 11.8. The molecular formula is C19H13BrIN3O5. The number of rotatable bonds is 7. The molecule has 3 aromatic rings. The number of furan rings is 1. The zero-order chi connectivity index (χ0) is 20.8. The predicted molar refractivity (Wildman–Crippen MR) is 119 cm³/mol. The smallest absolute Gasteiger partial charge is 0.277 e. The third kappa shape index (κ3) is 5.87. The first kappa shape index (κ1) is 21.0. The van der Waals surface area contributed by atoms with Crippen molar-refractivity contribution in [3.8, 4) is 17.1 Å². The number of amides is 1. The summed E-state index contributed by atoms with van der Waals surface area (Å²) in [6.45, 7) is -0.306. The van der Waals surface area contributed by atoms with Crippen molar-refractivity contribution < 1.29 is 18.9 Å². The van der Waals surface area contributed by atoms with E-state index in [0.29, 0.717) is 21.7 Å². The van der Waals surface area contributed by atoms with Crippen LogP contribution < -0.4 is 10.2 Å². The van der Waals surface area contributed by atoms with Gasteiger partial charge in [0.1, 0.15) is 17.3 Å². The van der Waals surface area contributed by atoms with E-state index in [2.05, 4.69) is 49.0 Å². The maximum atomic E-state index is 11.8. The van der Waals surface area contributed by atoms with E-state index in [4.69, 9.17) is 9.15 Å². The number of nitrogens with zero attached hydrogens (tertiary/aromatic N) is 2. The Morgan fingerprint density at radius 3 is 2.69 bits per heavy atom. The number of hydrazone groups is 1. The lowest BCUT2D eigenvalue weighted by atomic mass is 10.2. The van der Waals surface area contributed by atoms with Crippen LogP contribution in [0.15, 0.2) is 68.6 Å². The topological polar surface area (TPSA) is 107 Å². The summed E-state index contributed by atoms with van der Waals surface area (Å²) in [6, 6.07) is 15.4. The first-order chi connectivity index (χ1) is 13.9. The van der Waals surface area contributed by atoms with Crippen LogP contribution in [-0.4, -0.2) is 23.7 Å². The number of nitro groups is 1. The van der Waals surface area contributed by atoms with Crippen molar-refractivity contribution >= 4 is 56.3 Å². The van der Waals surface area contributed by atoms with E-state index in [0.717, 1.165) is 9.13 Å². The van der Waals surface area contributed by atoms with Gasteiger partial charge in [0.15, 0.2) is 6.61 Å². The molecule has 3 rings (SSSR count). The molecule has 0 fully saturated rings. The van der Waals surface area contributed by atoms with Crippen LogP contribution in [-0.2, 0) is 4.79 Å². The molecule has 0 aliphatic carbocycles.